The molecule has 4 heteroatoms. The molecule has 0 saturated heterocycles. The molecule has 1 heterocycles. The van der Waals surface area contributed by atoms with Crippen LogP contribution in [-0.4, -0.2) is 5.11 Å². The van der Waals surface area contributed by atoms with Crippen LogP contribution in [0.15, 0.2) is 54.7 Å². The number of hydrogen-bond acceptors (Lipinski definition) is 3. The minimum absolute atomic E-state index is 0. The molecule has 1 aliphatic heterocycles. The maximum absolute atomic E-state index is 9.76. The number of benzene rings is 2. The molecule has 0 bridgehead atoms. The van der Waals surface area contributed by atoms with E-state index < -0.39 is 0 Å². The van der Waals surface area contributed by atoms with Gasteiger partial charge >= 0.3 is 0 Å². The first-order chi connectivity index (χ1) is 8.34. The van der Waals surface area contributed by atoms with Gasteiger partial charge < -0.3 is 9.94 Å². The Morgan fingerprint density at radius 2 is 1.67 bits per heavy atom. The minimum Gasteiger partial charge on any atom is -0.506 e. The van der Waals surface area contributed by atoms with Crippen LogP contribution in [0.25, 0.3) is 6.08 Å². The fourth-order valence-electron chi connectivity index (χ4n) is 1.77. The van der Waals surface area contributed by atoms with E-state index >= 15 is 0 Å². The molecule has 0 amide bonds. The van der Waals surface area contributed by atoms with Crippen molar-refractivity contribution in [1.82, 2.24) is 0 Å². The van der Waals surface area contributed by atoms with Gasteiger partial charge in [-0.3, -0.25) is 0 Å². The molecule has 0 radical (unpaired) electrons. The maximum atomic E-state index is 9.76. The molecule has 3 rings (SSSR count). The molecule has 2 aromatic rings. The summed E-state index contributed by atoms with van der Waals surface area (Å²) in [6, 6.07) is 14.8. The first-order valence-electron chi connectivity index (χ1n) is 5.37. The number of hydroxylamine groups is 1. The van der Waals surface area contributed by atoms with E-state index in [9.17, 15) is 5.11 Å². The van der Waals surface area contributed by atoms with Gasteiger partial charge in [0.15, 0.2) is 5.75 Å². The molecule has 0 aliphatic carbocycles. The number of phenolic OH excluding ortho intramolecular Hbond substituents is 1. The first-order valence-corrected chi connectivity index (χ1v) is 5.37. The van der Waals surface area contributed by atoms with Crippen LogP contribution in [0.5, 0.6) is 11.5 Å². The summed E-state index contributed by atoms with van der Waals surface area (Å²) in [5.74, 6) is 0.967. The molecule has 0 spiro atoms. The Hall–Kier alpha value is -1.80. The molecule has 1 N–H and O–H groups in total. The number of aromatic hydroxyl groups is 1. The molecule has 0 atom stereocenters. The average molecular weight is 291 g/mol. The Labute approximate surface area is 118 Å². The normalized spacial score (nSPS) is 12.3. The van der Waals surface area contributed by atoms with Crippen LogP contribution in [0.1, 0.15) is 5.56 Å². The fourth-order valence-corrected chi connectivity index (χ4v) is 1.77. The van der Waals surface area contributed by atoms with Crippen LogP contribution in [0.4, 0.5) is 5.69 Å². The van der Waals surface area contributed by atoms with E-state index in [4.69, 9.17) is 4.84 Å². The van der Waals surface area contributed by atoms with Crippen LogP contribution in [-0.2, 0) is 19.5 Å². The van der Waals surface area contributed by atoms with Crippen molar-refractivity contribution in [2.24, 2.45) is 0 Å². The zero-order valence-electron chi connectivity index (χ0n) is 9.78. The van der Waals surface area contributed by atoms with Crippen molar-refractivity contribution in [3.05, 3.63) is 60.3 Å². The topological polar surface area (TPSA) is 32.7 Å². The molecule has 0 saturated carbocycles. The SMILES string of the molecule is Oc1ccccc1N1C=Cc2ccccc2O1.[Zn]. The first kappa shape index (κ1) is 12.7. The summed E-state index contributed by atoms with van der Waals surface area (Å²) in [7, 11) is 0. The Bertz CT molecular complexity index is 584. The standard InChI is InChI=1S/C14H11NO2.Zn/c16-13-7-3-2-6-12(13)15-10-9-11-5-1-4-8-14(11)17-15;/h1-10,16H;. The number of anilines is 1. The predicted molar refractivity (Wildman–Crippen MR) is 66.7 cm³/mol. The third-order valence-electron chi connectivity index (χ3n) is 2.62. The van der Waals surface area contributed by atoms with E-state index in [0.29, 0.717) is 5.69 Å². The van der Waals surface area contributed by atoms with Crippen molar-refractivity contribution in [3.63, 3.8) is 0 Å². The van der Waals surface area contributed by atoms with Gasteiger partial charge in [-0.15, -0.1) is 0 Å². The molecule has 2 aromatic carbocycles. The quantitative estimate of drug-likeness (QED) is 0.819. The number of para-hydroxylation sites is 3. The molecular weight excluding hydrogens is 280 g/mol. The third-order valence-corrected chi connectivity index (χ3v) is 2.62. The van der Waals surface area contributed by atoms with Crippen LogP contribution >= 0.6 is 0 Å². The van der Waals surface area contributed by atoms with E-state index in [2.05, 4.69) is 0 Å². The smallest absolute Gasteiger partial charge is 0.163 e. The van der Waals surface area contributed by atoms with Crippen LogP contribution in [0.3, 0.4) is 0 Å². The van der Waals surface area contributed by atoms with E-state index in [-0.39, 0.29) is 25.2 Å². The molecule has 18 heavy (non-hydrogen) atoms. The number of rotatable bonds is 1. The van der Waals surface area contributed by atoms with Gasteiger partial charge in [-0.05, 0) is 24.3 Å². The Morgan fingerprint density at radius 1 is 0.944 bits per heavy atom. The summed E-state index contributed by atoms with van der Waals surface area (Å²) in [5, 5.41) is 11.3. The van der Waals surface area contributed by atoms with Crippen molar-refractivity contribution >= 4 is 11.8 Å². The fraction of sp³-hybridized carbons (Fsp3) is 0. The Kier molecular flexibility index (Phi) is 3.68. The molecule has 0 fully saturated rings. The van der Waals surface area contributed by atoms with Gasteiger partial charge in [0, 0.05) is 31.2 Å². The van der Waals surface area contributed by atoms with Crippen molar-refractivity contribution in [1.29, 1.82) is 0 Å². The molecule has 0 aromatic heterocycles. The summed E-state index contributed by atoms with van der Waals surface area (Å²) in [5.41, 5.74) is 1.65. The molecule has 3 nitrogen and oxygen atoms in total. The summed E-state index contributed by atoms with van der Waals surface area (Å²) >= 11 is 0. The summed E-state index contributed by atoms with van der Waals surface area (Å²) in [4.78, 5) is 5.69. The van der Waals surface area contributed by atoms with Gasteiger partial charge in [0.2, 0.25) is 0 Å². The Morgan fingerprint density at radius 3 is 2.50 bits per heavy atom. The van der Waals surface area contributed by atoms with Gasteiger partial charge in [-0.2, -0.15) is 5.06 Å². The summed E-state index contributed by atoms with van der Waals surface area (Å²) < 4.78 is 0. The molecule has 86 valence electrons. The van der Waals surface area contributed by atoms with Crippen LogP contribution in [0.2, 0.25) is 0 Å². The second-order valence-corrected chi connectivity index (χ2v) is 3.76. The van der Waals surface area contributed by atoms with Crippen LogP contribution < -0.4 is 9.90 Å². The summed E-state index contributed by atoms with van der Waals surface area (Å²) in [6.45, 7) is 0. The largest absolute Gasteiger partial charge is 0.506 e. The van der Waals surface area contributed by atoms with Crippen molar-refractivity contribution in [2.45, 2.75) is 0 Å². The van der Waals surface area contributed by atoms with Crippen molar-refractivity contribution < 1.29 is 29.4 Å². The third kappa shape index (κ3) is 2.25. The second-order valence-electron chi connectivity index (χ2n) is 3.76. The molecule has 0 unspecified atom stereocenters. The second kappa shape index (κ2) is 5.24. The number of phenols is 1. The monoisotopic (exact) mass is 289 g/mol. The summed E-state index contributed by atoms with van der Waals surface area (Å²) in [6.07, 6.45) is 3.74. The van der Waals surface area contributed by atoms with Gasteiger partial charge in [0.25, 0.3) is 0 Å². The van der Waals surface area contributed by atoms with Gasteiger partial charge in [0.1, 0.15) is 11.4 Å². The van der Waals surface area contributed by atoms with E-state index in [0.717, 1.165) is 11.3 Å². The van der Waals surface area contributed by atoms with Crippen LogP contribution in [0, 0.1) is 0 Å². The average Bonchev–Trinajstić information content (AvgIpc) is 2.39. The number of hydrogen-bond donors (Lipinski definition) is 1. The van der Waals surface area contributed by atoms with Crippen molar-refractivity contribution in [3.8, 4) is 11.5 Å². The van der Waals surface area contributed by atoms with E-state index in [1.807, 2.05) is 36.4 Å². The van der Waals surface area contributed by atoms with Gasteiger partial charge in [-0.25, -0.2) is 0 Å². The molecule has 1 aliphatic rings. The number of nitrogens with zero attached hydrogens (tertiary/aromatic N) is 1. The Balaban J connectivity index is 0.00000120. The van der Waals surface area contributed by atoms with Gasteiger partial charge in [0.05, 0.1) is 0 Å². The zero-order chi connectivity index (χ0) is 11.7. The number of fused-ring (bicyclic) bond motifs is 1. The predicted octanol–water partition coefficient (Wildman–Crippen LogP) is 3.17. The van der Waals surface area contributed by atoms with E-state index in [1.165, 1.54) is 0 Å². The maximum Gasteiger partial charge on any atom is 0.163 e. The van der Waals surface area contributed by atoms with Gasteiger partial charge in [-0.1, -0.05) is 30.3 Å². The van der Waals surface area contributed by atoms with Crippen molar-refractivity contribution in [2.75, 3.05) is 5.06 Å². The van der Waals surface area contributed by atoms with E-state index in [1.54, 1.807) is 29.5 Å². The zero-order valence-corrected chi connectivity index (χ0v) is 12.8. The molecular formula is C14H11NO2Zn. The minimum atomic E-state index is 0.